The molecule has 4 aromatic heterocycles. The lowest BCUT2D eigenvalue weighted by Gasteiger charge is -2.27. The molecule has 2 aliphatic heterocycles. The molecule has 0 spiro atoms. The van der Waals surface area contributed by atoms with Gasteiger partial charge < -0.3 is 18.5 Å². The third kappa shape index (κ3) is 4.97. The lowest BCUT2D eigenvalue weighted by atomic mass is 9.93. The number of imidazole rings is 2. The number of nitrogens with zero attached hydrogens (tertiary/aromatic N) is 8. The Hall–Kier alpha value is -2.83. The van der Waals surface area contributed by atoms with Crippen LogP contribution < -0.4 is 0 Å². The number of aryl methyl sites for hydroxylation is 2. The molecule has 0 amide bonds. The van der Waals surface area contributed by atoms with E-state index in [0.29, 0.717) is 11.2 Å². The van der Waals surface area contributed by atoms with Crippen molar-refractivity contribution in [1.82, 2.24) is 39.0 Å². The van der Waals surface area contributed by atoms with E-state index in [0.717, 1.165) is 29.0 Å². The van der Waals surface area contributed by atoms with E-state index in [-0.39, 0.29) is 42.8 Å². The van der Waals surface area contributed by atoms with Crippen LogP contribution in [0.2, 0.25) is 0 Å². The molecule has 2 fully saturated rings. The van der Waals surface area contributed by atoms with Gasteiger partial charge in [0.05, 0.1) is 42.9 Å². The van der Waals surface area contributed by atoms with E-state index in [9.17, 15) is 4.57 Å². The molecular weight excluding hydrogens is 547 g/mol. The van der Waals surface area contributed by atoms with Gasteiger partial charge in [0, 0.05) is 18.5 Å². The van der Waals surface area contributed by atoms with Crippen LogP contribution in [0.4, 0.5) is 0 Å². The van der Waals surface area contributed by atoms with Gasteiger partial charge in [0.15, 0.2) is 17.5 Å². The largest absolute Gasteiger partial charge is 0.352 e. The van der Waals surface area contributed by atoms with Crippen LogP contribution in [-0.4, -0.2) is 70.6 Å². The summed E-state index contributed by atoms with van der Waals surface area (Å²) in [5.74, 6) is 0.242. The monoisotopic (exact) mass is 584 g/mol. The summed E-state index contributed by atoms with van der Waals surface area (Å²) >= 11 is 0. The van der Waals surface area contributed by atoms with Crippen molar-refractivity contribution in [3.63, 3.8) is 0 Å². The first kappa shape index (κ1) is 28.3. The molecule has 5 unspecified atom stereocenters. The number of rotatable bonds is 8. The van der Waals surface area contributed by atoms with Crippen LogP contribution in [0.3, 0.4) is 0 Å². The van der Waals surface area contributed by atoms with Crippen molar-refractivity contribution in [3.05, 3.63) is 36.7 Å². The van der Waals surface area contributed by atoms with Gasteiger partial charge in [-0.2, -0.15) is 0 Å². The number of aromatic nitrogens is 8. The second-order valence-corrected chi connectivity index (χ2v) is 13.3. The van der Waals surface area contributed by atoms with Gasteiger partial charge in [0.25, 0.3) is 0 Å². The highest BCUT2D eigenvalue weighted by molar-refractivity contribution is 7.53. The molecular formula is C27H37N8O5P. The maximum Gasteiger partial charge on any atom is 0.328 e. The van der Waals surface area contributed by atoms with E-state index >= 15 is 0 Å². The molecule has 220 valence electrons. The average Bonchev–Trinajstić information content (AvgIpc) is 3.70. The van der Waals surface area contributed by atoms with Crippen LogP contribution >= 0.6 is 7.60 Å². The van der Waals surface area contributed by atoms with Crippen molar-refractivity contribution in [1.29, 1.82) is 0 Å². The standard InChI is InChI=1S/C27H37N8O5P/c1-8-19-16(4)23(27(38-19)35-13-33-22-18(6)29-11-31-25(22)35)40-41(7,36)37-9-20-14(2)15(3)26(39-20)34-12-32-21-17(5)28-10-30-24(21)34/h10-16,19-20,23,26-27H,8-9H2,1-7H3/t14?,15?,16?,19-,20-,23?,26-,27-,41?/m1/s1. The molecule has 6 rings (SSSR count). The van der Waals surface area contributed by atoms with Crippen LogP contribution in [0.15, 0.2) is 25.3 Å². The summed E-state index contributed by atoms with van der Waals surface area (Å²) in [4.78, 5) is 26.3. The maximum absolute atomic E-state index is 13.8. The van der Waals surface area contributed by atoms with E-state index in [2.05, 4.69) is 50.7 Å². The topological polar surface area (TPSA) is 141 Å². The van der Waals surface area contributed by atoms with Crippen LogP contribution in [-0.2, 0) is 23.1 Å². The van der Waals surface area contributed by atoms with Crippen molar-refractivity contribution in [2.75, 3.05) is 13.3 Å². The Kier molecular flexibility index (Phi) is 7.44. The fourth-order valence-corrected chi connectivity index (χ4v) is 7.21. The first-order valence-corrected chi connectivity index (χ1v) is 16.1. The molecule has 6 heterocycles. The van der Waals surface area contributed by atoms with Gasteiger partial charge in [-0.15, -0.1) is 0 Å². The van der Waals surface area contributed by atoms with Gasteiger partial charge in [0.2, 0.25) is 0 Å². The minimum atomic E-state index is -3.52. The number of fused-ring (bicyclic) bond motifs is 2. The molecule has 14 heteroatoms. The summed E-state index contributed by atoms with van der Waals surface area (Å²) in [7, 11) is -3.52. The molecule has 0 radical (unpaired) electrons. The van der Waals surface area contributed by atoms with E-state index < -0.39 is 19.9 Å². The summed E-state index contributed by atoms with van der Waals surface area (Å²) in [5, 5.41) is 0. The highest BCUT2D eigenvalue weighted by atomic mass is 31.2. The normalized spacial score (nSPS) is 31.8. The fourth-order valence-electron chi connectivity index (χ4n) is 6.00. The van der Waals surface area contributed by atoms with E-state index in [4.69, 9.17) is 18.5 Å². The molecule has 2 aliphatic rings. The van der Waals surface area contributed by atoms with Crippen molar-refractivity contribution in [3.8, 4) is 0 Å². The molecule has 4 aromatic rings. The molecule has 0 N–H and O–H groups in total. The summed E-state index contributed by atoms with van der Waals surface area (Å²) in [6.07, 6.45) is 5.51. The van der Waals surface area contributed by atoms with Gasteiger partial charge in [-0.3, -0.25) is 13.7 Å². The zero-order valence-electron chi connectivity index (χ0n) is 24.4. The maximum atomic E-state index is 13.8. The van der Waals surface area contributed by atoms with Crippen molar-refractivity contribution < 1.29 is 23.1 Å². The molecule has 9 atom stereocenters. The summed E-state index contributed by atoms with van der Waals surface area (Å²) in [6.45, 7) is 13.8. The van der Waals surface area contributed by atoms with Crippen molar-refractivity contribution in [2.45, 2.75) is 78.7 Å². The van der Waals surface area contributed by atoms with E-state index in [1.54, 1.807) is 12.7 Å². The van der Waals surface area contributed by atoms with E-state index in [1.165, 1.54) is 19.3 Å². The van der Waals surface area contributed by atoms with Crippen LogP contribution in [0, 0.1) is 31.6 Å². The predicted molar refractivity (Wildman–Crippen MR) is 150 cm³/mol. The van der Waals surface area contributed by atoms with Gasteiger partial charge in [-0.05, 0) is 26.2 Å². The Balaban J connectivity index is 1.18. The summed E-state index contributed by atoms with van der Waals surface area (Å²) in [6, 6.07) is 0. The Morgan fingerprint density at radius 3 is 1.95 bits per heavy atom. The molecule has 2 saturated heterocycles. The lowest BCUT2D eigenvalue weighted by Crippen LogP contribution is -2.28. The average molecular weight is 585 g/mol. The lowest BCUT2D eigenvalue weighted by molar-refractivity contribution is -0.0424. The van der Waals surface area contributed by atoms with Crippen LogP contribution in [0.5, 0.6) is 0 Å². The first-order chi connectivity index (χ1) is 19.6. The molecule has 41 heavy (non-hydrogen) atoms. The first-order valence-electron chi connectivity index (χ1n) is 14.1. The fraction of sp³-hybridized carbons (Fsp3) is 0.630. The smallest absolute Gasteiger partial charge is 0.328 e. The molecule has 0 aliphatic carbocycles. The molecule has 0 aromatic carbocycles. The Labute approximate surface area is 238 Å². The van der Waals surface area contributed by atoms with Crippen LogP contribution in [0.25, 0.3) is 22.3 Å². The summed E-state index contributed by atoms with van der Waals surface area (Å²) in [5.41, 5.74) is 4.41. The Morgan fingerprint density at radius 2 is 1.37 bits per heavy atom. The SMILES string of the molecule is CC[C@H]1O[C@@H](n2cnc3c(C)ncnc32)C(OP(C)(=O)OC[C@H]2O[C@@H](n3cnc4c(C)ncnc43)C(C)C2C)C1C. The third-order valence-corrected chi connectivity index (χ3v) is 9.94. The van der Waals surface area contributed by atoms with E-state index in [1.807, 2.05) is 29.9 Å². The molecule has 0 bridgehead atoms. The third-order valence-electron chi connectivity index (χ3n) is 8.70. The Morgan fingerprint density at radius 1 is 0.805 bits per heavy atom. The van der Waals surface area contributed by atoms with Crippen LogP contribution in [0.1, 0.15) is 58.0 Å². The van der Waals surface area contributed by atoms with Gasteiger partial charge >= 0.3 is 7.60 Å². The number of hydrogen-bond donors (Lipinski definition) is 0. The number of hydrogen-bond acceptors (Lipinski definition) is 11. The zero-order valence-corrected chi connectivity index (χ0v) is 25.3. The number of ether oxygens (including phenoxy) is 2. The highest BCUT2D eigenvalue weighted by Crippen LogP contribution is 2.52. The minimum Gasteiger partial charge on any atom is -0.352 e. The van der Waals surface area contributed by atoms with Gasteiger partial charge in [-0.25, -0.2) is 29.9 Å². The van der Waals surface area contributed by atoms with Gasteiger partial charge in [0.1, 0.15) is 36.0 Å². The molecule has 13 nitrogen and oxygen atoms in total. The van der Waals surface area contributed by atoms with Crippen molar-refractivity contribution >= 4 is 29.9 Å². The minimum absolute atomic E-state index is 0.0340. The van der Waals surface area contributed by atoms with Crippen molar-refractivity contribution in [2.24, 2.45) is 17.8 Å². The zero-order chi connectivity index (χ0) is 29.1. The quantitative estimate of drug-likeness (QED) is 0.268. The summed E-state index contributed by atoms with van der Waals surface area (Å²) < 4.78 is 42.7. The second kappa shape index (κ2) is 10.8. The predicted octanol–water partition coefficient (Wildman–Crippen LogP) is 4.62. The van der Waals surface area contributed by atoms with Gasteiger partial charge in [-0.1, -0.05) is 27.7 Å². The molecule has 0 saturated carbocycles. The Bertz CT molecular complexity index is 1610. The highest BCUT2D eigenvalue weighted by Gasteiger charge is 2.47. The second-order valence-electron chi connectivity index (χ2n) is 11.3.